The van der Waals surface area contributed by atoms with Gasteiger partial charge >= 0.3 is 9.28 Å². The Labute approximate surface area is 77.1 Å². The monoisotopic (exact) mass is 191 g/mol. The Morgan fingerprint density at radius 2 is 1.83 bits per heavy atom. The molecule has 0 saturated carbocycles. The summed E-state index contributed by atoms with van der Waals surface area (Å²) in [6, 6.07) is 0. The molecule has 0 saturated heterocycles. The SMILES string of the molecule is CO[SiH](OC)C(C)CCCCN. The van der Waals surface area contributed by atoms with Crippen molar-refractivity contribution in [2.24, 2.45) is 5.73 Å². The molecule has 0 spiro atoms. The standard InChI is InChI=1S/C8H21NO2Si/c1-8(6-4-5-7-9)12(10-2)11-3/h8,12H,4-7,9H2,1-3H3. The molecule has 0 aromatic carbocycles. The van der Waals surface area contributed by atoms with Crippen LogP contribution in [0.4, 0.5) is 0 Å². The fourth-order valence-electron chi connectivity index (χ4n) is 1.31. The molecular formula is C8H21NO2Si. The average Bonchev–Trinajstić information content (AvgIpc) is 2.07. The summed E-state index contributed by atoms with van der Waals surface area (Å²) >= 11 is 0. The fraction of sp³-hybridized carbons (Fsp3) is 1.00. The molecule has 4 heteroatoms. The fourth-order valence-corrected chi connectivity index (χ4v) is 2.94. The molecule has 12 heavy (non-hydrogen) atoms. The first-order valence-electron chi connectivity index (χ1n) is 4.52. The van der Waals surface area contributed by atoms with Gasteiger partial charge in [0.25, 0.3) is 0 Å². The van der Waals surface area contributed by atoms with Gasteiger partial charge in [0.2, 0.25) is 0 Å². The molecule has 1 atom stereocenters. The molecule has 0 aromatic heterocycles. The lowest BCUT2D eigenvalue weighted by Crippen LogP contribution is -2.24. The summed E-state index contributed by atoms with van der Waals surface area (Å²) in [7, 11) is 2.10. The van der Waals surface area contributed by atoms with E-state index in [1.807, 2.05) is 0 Å². The van der Waals surface area contributed by atoms with Crippen LogP contribution in [-0.4, -0.2) is 30.0 Å². The highest BCUT2D eigenvalue weighted by Crippen LogP contribution is 2.17. The van der Waals surface area contributed by atoms with Crippen molar-refractivity contribution in [3.05, 3.63) is 0 Å². The second-order valence-corrected chi connectivity index (χ2v) is 5.92. The average molecular weight is 191 g/mol. The van der Waals surface area contributed by atoms with E-state index in [2.05, 4.69) is 6.92 Å². The van der Waals surface area contributed by atoms with Crippen LogP contribution in [0.15, 0.2) is 0 Å². The van der Waals surface area contributed by atoms with E-state index in [0.717, 1.165) is 13.0 Å². The molecule has 0 bridgehead atoms. The van der Waals surface area contributed by atoms with Crippen LogP contribution in [-0.2, 0) is 8.85 Å². The molecule has 0 amide bonds. The number of hydrogen-bond acceptors (Lipinski definition) is 3. The molecule has 0 aliphatic carbocycles. The van der Waals surface area contributed by atoms with Gasteiger partial charge in [-0.05, 0) is 24.9 Å². The van der Waals surface area contributed by atoms with E-state index in [1.165, 1.54) is 12.8 Å². The van der Waals surface area contributed by atoms with Gasteiger partial charge in [0.15, 0.2) is 0 Å². The predicted octanol–water partition coefficient (Wildman–Crippen LogP) is 1.02. The van der Waals surface area contributed by atoms with Gasteiger partial charge in [0.05, 0.1) is 0 Å². The molecule has 74 valence electrons. The highest BCUT2D eigenvalue weighted by atomic mass is 28.3. The maximum absolute atomic E-state index is 5.40. The van der Waals surface area contributed by atoms with Gasteiger partial charge in [-0.2, -0.15) is 0 Å². The minimum absolute atomic E-state index is 0.589. The number of nitrogens with two attached hydrogens (primary N) is 1. The van der Waals surface area contributed by atoms with Gasteiger partial charge in [0, 0.05) is 14.2 Å². The molecular weight excluding hydrogens is 170 g/mol. The Hall–Kier alpha value is 0.0969. The van der Waals surface area contributed by atoms with E-state index < -0.39 is 9.28 Å². The van der Waals surface area contributed by atoms with Gasteiger partial charge in [-0.3, -0.25) is 0 Å². The lowest BCUT2D eigenvalue weighted by molar-refractivity contribution is 0.264. The van der Waals surface area contributed by atoms with Crippen molar-refractivity contribution in [2.45, 2.75) is 31.7 Å². The van der Waals surface area contributed by atoms with Crippen molar-refractivity contribution in [3.63, 3.8) is 0 Å². The molecule has 0 aromatic rings. The van der Waals surface area contributed by atoms with Crippen LogP contribution in [0.2, 0.25) is 5.54 Å². The van der Waals surface area contributed by atoms with Gasteiger partial charge in [0.1, 0.15) is 0 Å². The summed E-state index contributed by atoms with van der Waals surface area (Å²) in [6.07, 6.45) is 3.47. The van der Waals surface area contributed by atoms with Crippen LogP contribution in [0.5, 0.6) is 0 Å². The molecule has 2 N–H and O–H groups in total. The maximum atomic E-state index is 5.40. The van der Waals surface area contributed by atoms with Crippen LogP contribution in [0.3, 0.4) is 0 Å². The van der Waals surface area contributed by atoms with E-state index in [-0.39, 0.29) is 0 Å². The number of hydrogen-bond donors (Lipinski definition) is 1. The summed E-state index contributed by atoms with van der Waals surface area (Å²) in [6.45, 7) is 2.99. The summed E-state index contributed by atoms with van der Waals surface area (Å²) in [5.41, 5.74) is 5.99. The predicted molar refractivity (Wildman–Crippen MR) is 53.5 cm³/mol. The third kappa shape index (κ3) is 4.87. The Bertz CT molecular complexity index is 99.1. The zero-order valence-electron chi connectivity index (χ0n) is 8.38. The van der Waals surface area contributed by atoms with E-state index >= 15 is 0 Å². The second-order valence-electron chi connectivity index (χ2n) is 3.10. The second kappa shape index (κ2) is 7.73. The normalized spacial score (nSPS) is 13.8. The van der Waals surface area contributed by atoms with Gasteiger partial charge in [-0.1, -0.05) is 13.3 Å². The number of rotatable bonds is 7. The van der Waals surface area contributed by atoms with E-state index in [1.54, 1.807) is 14.2 Å². The van der Waals surface area contributed by atoms with Crippen molar-refractivity contribution in [2.75, 3.05) is 20.8 Å². The summed E-state index contributed by atoms with van der Waals surface area (Å²) in [5, 5.41) is 0. The topological polar surface area (TPSA) is 44.5 Å². The van der Waals surface area contributed by atoms with Crippen LogP contribution in [0.1, 0.15) is 26.2 Å². The molecule has 0 rings (SSSR count). The first-order valence-corrected chi connectivity index (χ1v) is 6.12. The maximum Gasteiger partial charge on any atom is 0.323 e. The zero-order valence-corrected chi connectivity index (χ0v) is 9.53. The van der Waals surface area contributed by atoms with Crippen LogP contribution in [0, 0.1) is 0 Å². The third-order valence-corrected chi connectivity index (χ3v) is 4.23. The quantitative estimate of drug-likeness (QED) is 0.483. The first kappa shape index (κ1) is 12.1. The van der Waals surface area contributed by atoms with Gasteiger partial charge in [-0.25, -0.2) is 0 Å². The zero-order chi connectivity index (χ0) is 9.40. The highest BCUT2D eigenvalue weighted by Gasteiger charge is 2.18. The van der Waals surface area contributed by atoms with E-state index in [9.17, 15) is 0 Å². The minimum Gasteiger partial charge on any atom is -0.400 e. The first-order chi connectivity index (χ1) is 5.76. The molecule has 3 nitrogen and oxygen atoms in total. The van der Waals surface area contributed by atoms with Crippen molar-refractivity contribution in [1.29, 1.82) is 0 Å². The van der Waals surface area contributed by atoms with E-state index in [4.69, 9.17) is 14.6 Å². The molecule has 0 radical (unpaired) electrons. The van der Waals surface area contributed by atoms with Crippen molar-refractivity contribution >= 4 is 9.28 Å². The van der Waals surface area contributed by atoms with Crippen molar-refractivity contribution in [1.82, 2.24) is 0 Å². The number of unbranched alkanes of at least 4 members (excludes halogenated alkanes) is 1. The summed E-state index contributed by atoms with van der Waals surface area (Å²) in [5.74, 6) is 0. The van der Waals surface area contributed by atoms with Gasteiger partial charge < -0.3 is 14.6 Å². The van der Waals surface area contributed by atoms with Gasteiger partial charge in [-0.15, -0.1) is 0 Å². The van der Waals surface area contributed by atoms with Crippen molar-refractivity contribution < 1.29 is 8.85 Å². The summed E-state index contributed by atoms with van der Waals surface area (Å²) in [4.78, 5) is 0. The van der Waals surface area contributed by atoms with E-state index in [0.29, 0.717) is 5.54 Å². The van der Waals surface area contributed by atoms with Crippen molar-refractivity contribution in [3.8, 4) is 0 Å². The van der Waals surface area contributed by atoms with Crippen LogP contribution < -0.4 is 5.73 Å². The molecule has 1 unspecified atom stereocenters. The van der Waals surface area contributed by atoms with Crippen LogP contribution >= 0.6 is 0 Å². The molecule has 0 aliphatic rings. The minimum atomic E-state index is -1.37. The summed E-state index contributed by atoms with van der Waals surface area (Å²) < 4.78 is 10.6. The smallest absolute Gasteiger partial charge is 0.323 e. The molecule has 0 aliphatic heterocycles. The molecule has 0 fully saturated rings. The lowest BCUT2D eigenvalue weighted by Gasteiger charge is -2.18. The lowest BCUT2D eigenvalue weighted by atomic mass is 10.2. The largest absolute Gasteiger partial charge is 0.400 e. The Morgan fingerprint density at radius 1 is 1.25 bits per heavy atom. The third-order valence-electron chi connectivity index (χ3n) is 2.04. The Balaban J connectivity index is 3.47. The Kier molecular flexibility index (Phi) is 7.79. The Morgan fingerprint density at radius 3 is 2.25 bits per heavy atom. The molecule has 0 heterocycles. The highest BCUT2D eigenvalue weighted by molar-refractivity contribution is 6.46. The van der Waals surface area contributed by atoms with Crippen LogP contribution in [0.25, 0.3) is 0 Å².